The monoisotopic (exact) mass is 450 g/mol. The molecule has 0 bridgehead atoms. The molecule has 0 aromatic heterocycles. The number of hydrogen-bond acceptors (Lipinski definition) is 5. The molecule has 0 unspecified atom stereocenters. The number of nitrogens with zero attached hydrogens (tertiary/aromatic N) is 3. The summed E-state index contributed by atoms with van der Waals surface area (Å²) in [5.74, 6) is -0.439. The van der Waals surface area contributed by atoms with E-state index in [2.05, 4.69) is 5.32 Å². The second-order valence-electron chi connectivity index (χ2n) is 7.62. The molecule has 1 amide bonds. The molecule has 2 rings (SSSR count). The van der Waals surface area contributed by atoms with Crippen molar-refractivity contribution < 1.29 is 26.4 Å². The van der Waals surface area contributed by atoms with Gasteiger partial charge in [-0.1, -0.05) is 0 Å². The zero-order valence-electron chi connectivity index (χ0n) is 17.5. The van der Waals surface area contributed by atoms with E-state index in [0.29, 0.717) is 12.1 Å². The molecule has 30 heavy (non-hydrogen) atoms. The number of hydrogen-bond donors (Lipinski definition) is 1. The van der Waals surface area contributed by atoms with E-state index in [-0.39, 0.29) is 23.5 Å². The molecule has 1 aliphatic rings. The first-order valence-electron chi connectivity index (χ1n) is 9.77. The van der Waals surface area contributed by atoms with E-state index in [0.717, 1.165) is 35.1 Å². The van der Waals surface area contributed by atoms with Crippen molar-refractivity contribution in [1.82, 2.24) is 14.5 Å². The van der Waals surface area contributed by atoms with Crippen molar-refractivity contribution in [3.05, 3.63) is 23.8 Å². The number of amides is 1. The maximum Gasteiger partial charge on any atom is 0.401 e. The van der Waals surface area contributed by atoms with Gasteiger partial charge in [-0.05, 0) is 51.1 Å². The molecule has 1 aliphatic heterocycles. The molecule has 7 nitrogen and oxygen atoms in total. The lowest BCUT2D eigenvalue weighted by Gasteiger charge is -2.22. The van der Waals surface area contributed by atoms with Crippen molar-refractivity contribution in [1.29, 1.82) is 0 Å². The van der Waals surface area contributed by atoms with Crippen molar-refractivity contribution in [3.8, 4) is 0 Å². The van der Waals surface area contributed by atoms with Gasteiger partial charge in [-0.2, -0.15) is 13.2 Å². The normalized spacial score (nSPS) is 15.3. The van der Waals surface area contributed by atoms with Gasteiger partial charge < -0.3 is 10.2 Å². The second-order valence-corrected chi connectivity index (χ2v) is 9.77. The maximum absolute atomic E-state index is 12.8. The van der Waals surface area contributed by atoms with Crippen LogP contribution in [0.3, 0.4) is 0 Å². The third-order valence-corrected chi connectivity index (χ3v) is 6.70. The van der Waals surface area contributed by atoms with Crippen molar-refractivity contribution in [2.45, 2.75) is 30.3 Å². The predicted octanol–water partition coefficient (Wildman–Crippen LogP) is 2.15. The Hall–Kier alpha value is -1.85. The van der Waals surface area contributed by atoms with Crippen LogP contribution >= 0.6 is 0 Å². The Balaban J connectivity index is 2.11. The molecule has 1 fully saturated rings. The lowest BCUT2D eigenvalue weighted by Crippen LogP contribution is -2.34. The number of benzene rings is 1. The summed E-state index contributed by atoms with van der Waals surface area (Å²) in [5.41, 5.74) is 0.917. The molecular weight excluding hydrogens is 421 g/mol. The number of alkyl halides is 3. The molecule has 1 heterocycles. The molecule has 0 atom stereocenters. The quantitative estimate of drug-likeness (QED) is 0.584. The van der Waals surface area contributed by atoms with Crippen molar-refractivity contribution in [2.24, 2.45) is 0 Å². The summed E-state index contributed by atoms with van der Waals surface area (Å²) >= 11 is 0. The van der Waals surface area contributed by atoms with Gasteiger partial charge in [-0.3, -0.25) is 9.69 Å². The largest absolute Gasteiger partial charge is 0.401 e. The zero-order valence-corrected chi connectivity index (χ0v) is 18.3. The summed E-state index contributed by atoms with van der Waals surface area (Å²) in [4.78, 5) is 16.0. The first kappa shape index (κ1) is 24.4. The van der Waals surface area contributed by atoms with Gasteiger partial charge in [0.2, 0.25) is 10.0 Å². The van der Waals surface area contributed by atoms with Crippen molar-refractivity contribution >= 4 is 21.6 Å². The van der Waals surface area contributed by atoms with Gasteiger partial charge in [0.25, 0.3) is 5.91 Å². The standard InChI is InChI=1S/C19H29F3N4O3S/c1-24(2)30(28,29)15-7-8-17(26-11-4-5-12-26)16(13-15)18(27)23-9-6-10-25(3)14-19(20,21)22/h7-8,13H,4-6,9-12,14H2,1-3H3,(H,23,27). The Labute approximate surface area is 175 Å². The SMILES string of the molecule is CN(CCCNC(=O)c1cc(S(=O)(=O)N(C)C)ccc1N1CCCC1)CC(F)(F)F. The topological polar surface area (TPSA) is 73.0 Å². The van der Waals surface area contributed by atoms with Crippen LogP contribution in [0.1, 0.15) is 29.6 Å². The van der Waals surface area contributed by atoms with Crippen LogP contribution in [0.2, 0.25) is 0 Å². The highest BCUT2D eigenvalue weighted by Crippen LogP contribution is 2.28. The predicted molar refractivity (Wildman–Crippen MR) is 109 cm³/mol. The van der Waals surface area contributed by atoms with Gasteiger partial charge in [-0.25, -0.2) is 12.7 Å². The number of anilines is 1. The number of sulfonamides is 1. The van der Waals surface area contributed by atoms with E-state index in [4.69, 9.17) is 0 Å². The fourth-order valence-electron chi connectivity index (χ4n) is 3.33. The average Bonchev–Trinajstić information content (AvgIpc) is 3.17. The van der Waals surface area contributed by atoms with Crippen LogP contribution in [-0.2, 0) is 10.0 Å². The van der Waals surface area contributed by atoms with E-state index in [1.165, 1.54) is 33.3 Å². The highest BCUT2D eigenvalue weighted by Gasteiger charge is 2.29. The molecular formula is C19H29F3N4O3S. The number of nitrogens with one attached hydrogen (secondary N) is 1. The van der Waals surface area contributed by atoms with Crippen LogP contribution in [0.25, 0.3) is 0 Å². The number of carbonyl (C=O) groups excluding carboxylic acids is 1. The Morgan fingerprint density at radius 2 is 1.80 bits per heavy atom. The van der Waals surface area contributed by atoms with Crippen LogP contribution in [0, 0.1) is 0 Å². The molecule has 170 valence electrons. The van der Waals surface area contributed by atoms with Gasteiger partial charge in [0, 0.05) is 39.4 Å². The summed E-state index contributed by atoms with van der Waals surface area (Å²) in [7, 11) is 0.501. The van der Waals surface area contributed by atoms with E-state index in [9.17, 15) is 26.4 Å². The van der Waals surface area contributed by atoms with Crippen LogP contribution in [0.15, 0.2) is 23.1 Å². The maximum atomic E-state index is 12.8. The summed E-state index contributed by atoms with van der Waals surface area (Å²) in [6.07, 6.45) is -1.94. The minimum Gasteiger partial charge on any atom is -0.371 e. The smallest absolute Gasteiger partial charge is 0.371 e. The minimum absolute atomic E-state index is 0.0190. The van der Waals surface area contributed by atoms with Gasteiger partial charge in [0.05, 0.1) is 17.0 Å². The number of carbonyl (C=O) groups is 1. The summed E-state index contributed by atoms with van der Waals surface area (Å²) in [6, 6.07) is 4.51. The molecule has 0 radical (unpaired) electrons. The summed E-state index contributed by atoms with van der Waals surface area (Å²) in [6.45, 7) is 0.911. The third-order valence-electron chi connectivity index (χ3n) is 4.89. The fraction of sp³-hybridized carbons (Fsp3) is 0.632. The third kappa shape index (κ3) is 6.58. The average molecular weight is 451 g/mol. The van der Waals surface area contributed by atoms with Crippen LogP contribution in [0.4, 0.5) is 18.9 Å². The van der Waals surface area contributed by atoms with E-state index in [1.807, 2.05) is 4.90 Å². The second kappa shape index (κ2) is 9.97. The first-order valence-corrected chi connectivity index (χ1v) is 11.2. The highest BCUT2D eigenvalue weighted by atomic mass is 32.2. The lowest BCUT2D eigenvalue weighted by atomic mass is 10.1. The van der Waals surface area contributed by atoms with Crippen molar-refractivity contribution in [3.63, 3.8) is 0 Å². The molecule has 1 N–H and O–H groups in total. The highest BCUT2D eigenvalue weighted by molar-refractivity contribution is 7.89. The minimum atomic E-state index is -4.26. The van der Waals surface area contributed by atoms with Gasteiger partial charge in [-0.15, -0.1) is 0 Å². The number of rotatable bonds is 9. The lowest BCUT2D eigenvalue weighted by molar-refractivity contribution is -0.143. The van der Waals surface area contributed by atoms with Crippen molar-refractivity contribution in [2.75, 3.05) is 58.8 Å². The molecule has 0 aliphatic carbocycles. The summed E-state index contributed by atoms with van der Waals surface area (Å²) < 4.78 is 63.2. The zero-order chi connectivity index (χ0) is 22.5. The molecule has 0 spiro atoms. The van der Waals surface area contributed by atoms with E-state index in [1.54, 1.807) is 6.07 Å². The van der Waals surface area contributed by atoms with E-state index >= 15 is 0 Å². The fourth-order valence-corrected chi connectivity index (χ4v) is 4.26. The molecule has 1 aromatic rings. The summed E-state index contributed by atoms with van der Waals surface area (Å²) in [5, 5.41) is 2.71. The molecule has 1 saturated heterocycles. The Morgan fingerprint density at radius 3 is 2.37 bits per heavy atom. The Bertz CT molecular complexity index is 838. The van der Waals surface area contributed by atoms with Gasteiger partial charge in [0.15, 0.2) is 0 Å². The first-order chi connectivity index (χ1) is 13.9. The van der Waals surface area contributed by atoms with E-state index < -0.39 is 28.7 Å². The van der Waals surface area contributed by atoms with Crippen LogP contribution in [0.5, 0.6) is 0 Å². The Morgan fingerprint density at radius 1 is 1.17 bits per heavy atom. The number of halogens is 3. The molecule has 1 aromatic carbocycles. The molecule has 0 saturated carbocycles. The van der Waals surface area contributed by atoms with Gasteiger partial charge in [0.1, 0.15) is 0 Å². The van der Waals surface area contributed by atoms with Crippen LogP contribution in [-0.4, -0.2) is 83.6 Å². The Kier molecular flexibility index (Phi) is 8.12. The van der Waals surface area contributed by atoms with Crippen LogP contribution < -0.4 is 10.2 Å². The molecule has 11 heteroatoms. The van der Waals surface area contributed by atoms with Gasteiger partial charge >= 0.3 is 6.18 Å².